The van der Waals surface area contributed by atoms with E-state index in [2.05, 4.69) is 5.43 Å². The van der Waals surface area contributed by atoms with E-state index in [1.807, 2.05) is 26.0 Å². The highest BCUT2D eigenvalue weighted by Crippen LogP contribution is 2.30. The average Bonchev–Trinajstić information content (AvgIpc) is 2.30. The number of halogens is 2. The summed E-state index contributed by atoms with van der Waals surface area (Å²) >= 11 is 11.9. The van der Waals surface area contributed by atoms with Crippen LogP contribution in [0.4, 0.5) is 0 Å². The van der Waals surface area contributed by atoms with Gasteiger partial charge in [-0.25, -0.2) is 0 Å². The van der Waals surface area contributed by atoms with Crippen LogP contribution >= 0.6 is 23.2 Å². The van der Waals surface area contributed by atoms with Gasteiger partial charge in [-0.05, 0) is 38.0 Å². The molecule has 17 heavy (non-hydrogen) atoms. The van der Waals surface area contributed by atoms with Crippen LogP contribution in [0, 0.1) is 0 Å². The fourth-order valence-corrected chi connectivity index (χ4v) is 1.88. The Labute approximate surface area is 112 Å². The fraction of sp³-hybridized carbons (Fsp3) is 0.500. The fourth-order valence-electron chi connectivity index (χ4n) is 1.58. The monoisotopic (exact) mass is 276 g/mol. The molecular formula is C12H18Cl2N2O. The van der Waals surface area contributed by atoms with Crippen LogP contribution in [0.2, 0.25) is 10.0 Å². The first-order chi connectivity index (χ1) is 7.89. The van der Waals surface area contributed by atoms with Crippen LogP contribution in [-0.4, -0.2) is 12.7 Å². The van der Waals surface area contributed by atoms with Crippen LogP contribution in [0.5, 0.6) is 0 Å². The van der Waals surface area contributed by atoms with Crippen molar-refractivity contribution in [3.05, 3.63) is 33.8 Å². The van der Waals surface area contributed by atoms with Crippen molar-refractivity contribution in [1.29, 1.82) is 0 Å². The number of nitrogens with one attached hydrogen (secondary N) is 1. The van der Waals surface area contributed by atoms with E-state index in [-0.39, 0.29) is 11.6 Å². The van der Waals surface area contributed by atoms with Gasteiger partial charge in [-0.3, -0.25) is 11.3 Å². The number of hydrogen-bond acceptors (Lipinski definition) is 3. The maximum absolute atomic E-state index is 5.99. The molecule has 0 radical (unpaired) electrons. The topological polar surface area (TPSA) is 47.3 Å². The minimum absolute atomic E-state index is 0.0280. The van der Waals surface area contributed by atoms with Gasteiger partial charge < -0.3 is 4.74 Å². The zero-order valence-electron chi connectivity index (χ0n) is 10.3. The minimum atomic E-state index is -0.261. The van der Waals surface area contributed by atoms with E-state index in [0.717, 1.165) is 12.0 Å². The molecule has 0 spiro atoms. The normalized spacial score (nSPS) is 13.8. The molecule has 1 aromatic rings. The Balaban J connectivity index is 2.90. The second-order valence-electron chi connectivity index (χ2n) is 4.56. The van der Waals surface area contributed by atoms with Crippen molar-refractivity contribution in [2.75, 3.05) is 7.11 Å². The number of ether oxygens (including phenoxy) is 1. The Hall–Kier alpha value is -0.320. The Kier molecular flexibility index (Phi) is 5.22. The van der Waals surface area contributed by atoms with Gasteiger partial charge in [0.15, 0.2) is 0 Å². The van der Waals surface area contributed by atoms with Crippen molar-refractivity contribution in [1.82, 2.24) is 5.43 Å². The Morgan fingerprint density at radius 1 is 1.35 bits per heavy atom. The maximum atomic E-state index is 5.99. The molecule has 0 aliphatic heterocycles. The quantitative estimate of drug-likeness (QED) is 0.641. The third-order valence-electron chi connectivity index (χ3n) is 2.80. The molecule has 5 heteroatoms. The lowest BCUT2D eigenvalue weighted by atomic mass is 9.94. The molecule has 96 valence electrons. The smallest absolute Gasteiger partial charge is 0.0641 e. The van der Waals surface area contributed by atoms with Crippen molar-refractivity contribution in [3.8, 4) is 0 Å². The molecule has 0 bridgehead atoms. The summed E-state index contributed by atoms with van der Waals surface area (Å²) in [7, 11) is 1.68. The van der Waals surface area contributed by atoms with E-state index in [4.69, 9.17) is 33.8 Å². The highest BCUT2D eigenvalue weighted by atomic mass is 35.5. The summed E-state index contributed by atoms with van der Waals surface area (Å²) < 4.78 is 5.39. The third kappa shape index (κ3) is 4.12. The van der Waals surface area contributed by atoms with Crippen LogP contribution in [-0.2, 0) is 4.74 Å². The van der Waals surface area contributed by atoms with E-state index in [0.29, 0.717) is 10.0 Å². The van der Waals surface area contributed by atoms with Gasteiger partial charge in [0.2, 0.25) is 0 Å². The largest absolute Gasteiger partial charge is 0.379 e. The molecule has 3 N–H and O–H groups in total. The van der Waals surface area contributed by atoms with Crippen molar-refractivity contribution in [2.24, 2.45) is 5.84 Å². The summed E-state index contributed by atoms with van der Waals surface area (Å²) in [4.78, 5) is 0. The molecule has 1 atom stereocenters. The first-order valence-electron chi connectivity index (χ1n) is 5.36. The predicted molar refractivity (Wildman–Crippen MR) is 72.2 cm³/mol. The average molecular weight is 277 g/mol. The molecule has 0 amide bonds. The van der Waals surface area contributed by atoms with Crippen LogP contribution in [0.15, 0.2) is 18.2 Å². The molecule has 3 nitrogen and oxygen atoms in total. The molecule has 1 aromatic carbocycles. The van der Waals surface area contributed by atoms with Crippen LogP contribution < -0.4 is 11.3 Å². The summed E-state index contributed by atoms with van der Waals surface area (Å²) in [6.07, 6.45) is 0.734. The molecule has 0 heterocycles. The highest BCUT2D eigenvalue weighted by molar-refractivity contribution is 6.42. The molecule has 1 rings (SSSR count). The standard InChI is InChI=1S/C12H18Cl2N2O/c1-12(2,17-3)7-11(16-15)8-4-5-9(13)10(14)6-8/h4-6,11,16H,7,15H2,1-3H3. The third-order valence-corrected chi connectivity index (χ3v) is 3.53. The molecule has 0 aliphatic carbocycles. The van der Waals surface area contributed by atoms with Gasteiger partial charge in [0.1, 0.15) is 0 Å². The van der Waals surface area contributed by atoms with Gasteiger partial charge in [-0.15, -0.1) is 0 Å². The van der Waals surface area contributed by atoms with E-state index in [9.17, 15) is 0 Å². The van der Waals surface area contributed by atoms with Gasteiger partial charge in [0, 0.05) is 13.2 Å². The number of nitrogens with two attached hydrogens (primary N) is 1. The van der Waals surface area contributed by atoms with Crippen LogP contribution in [0.3, 0.4) is 0 Å². The lowest BCUT2D eigenvalue weighted by Gasteiger charge is -2.28. The summed E-state index contributed by atoms with van der Waals surface area (Å²) in [5, 5.41) is 1.07. The number of benzene rings is 1. The zero-order chi connectivity index (χ0) is 13.1. The summed E-state index contributed by atoms with van der Waals surface area (Å²) in [5.74, 6) is 5.57. The van der Waals surface area contributed by atoms with Crippen molar-refractivity contribution in [2.45, 2.75) is 31.9 Å². The van der Waals surface area contributed by atoms with E-state index >= 15 is 0 Å². The molecule has 0 aliphatic rings. The SMILES string of the molecule is COC(C)(C)CC(NN)c1ccc(Cl)c(Cl)c1. The summed E-state index contributed by atoms with van der Waals surface area (Å²) in [6.45, 7) is 4.02. The number of methoxy groups -OCH3 is 1. The van der Waals surface area contributed by atoms with Crippen LogP contribution in [0.25, 0.3) is 0 Å². The number of hydrazine groups is 1. The Bertz CT molecular complexity index is 383. The van der Waals surface area contributed by atoms with E-state index in [1.165, 1.54) is 0 Å². The molecule has 1 unspecified atom stereocenters. The lowest BCUT2D eigenvalue weighted by molar-refractivity contribution is 0.00681. The minimum Gasteiger partial charge on any atom is -0.379 e. The van der Waals surface area contributed by atoms with Crippen LogP contribution in [0.1, 0.15) is 31.9 Å². The Morgan fingerprint density at radius 2 is 2.00 bits per heavy atom. The van der Waals surface area contributed by atoms with Crippen molar-refractivity contribution in [3.63, 3.8) is 0 Å². The second kappa shape index (κ2) is 6.03. The number of hydrogen-bond donors (Lipinski definition) is 2. The molecular weight excluding hydrogens is 259 g/mol. The predicted octanol–water partition coefficient (Wildman–Crippen LogP) is 3.31. The van der Waals surface area contributed by atoms with E-state index in [1.54, 1.807) is 13.2 Å². The molecule has 0 saturated carbocycles. The first-order valence-corrected chi connectivity index (χ1v) is 6.11. The van der Waals surface area contributed by atoms with Crippen molar-refractivity contribution < 1.29 is 4.74 Å². The van der Waals surface area contributed by atoms with Crippen molar-refractivity contribution >= 4 is 23.2 Å². The molecule has 0 aromatic heterocycles. The summed E-state index contributed by atoms with van der Waals surface area (Å²) in [5.41, 5.74) is 3.51. The van der Waals surface area contributed by atoms with Gasteiger partial charge in [0.25, 0.3) is 0 Å². The highest BCUT2D eigenvalue weighted by Gasteiger charge is 2.23. The summed E-state index contributed by atoms with van der Waals surface area (Å²) in [6, 6.07) is 5.47. The number of rotatable bonds is 5. The molecule has 0 saturated heterocycles. The van der Waals surface area contributed by atoms with E-state index < -0.39 is 0 Å². The first kappa shape index (κ1) is 14.7. The zero-order valence-corrected chi connectivity index (χ0v) is 11.8. The maximum Gasteiger partial charge on any atom is 0.0641 e. The molecule has 0 fully saturated rings. The van der Waals surface area contributed by atoms with Gasteiger partial charge in [-0.2, -0.15) is 0 Å². The lowest BCUT2D eigenvalue weighted by Crippen LogP contribution is -2.35. The Morgan fingerprint density at radius 3 is 2.47 bits per heavy atom. The van der Waals surface area contributed by atoms with Gasteiger partial charge >= 0.3 is 0 Å². The van der Waals surface area contributed by atoms with Gasteiger partial charge in [-0.1, -0.05) is 29.3 Å². The second-order valence-corrected chi connectivity index (χ2v) is 5.38. The van der Waals surface area contributed by atoms with Gasteiger partial charge in [0.05, 0.1) is 15.6 Å².